The average molecular weight is 1230 g/mol. The predicted octanol–water partition coefficient (Wildman–Crippen LogP) is 22.8. The van der Waals surface area contributed by atoms with Gasteiger partial charge in [0.1, 0.15) is 19.3 Å². The number of allylic oxidation sites excluding steroid dienone is 21. The third-order valence-corrected chi connectivity index (χ3v) is 16.1. The smallest absolute Gasteiger partial charge is 0.456 e. The van der Waals surface area contributed by atoms with Crippen LogP contribution in [0.1, 0.15) is 290 Å². The molecule has 0 aliphatic rings. The quantitative estimate of drug-likeness (QED) is 0.0205. The fourth-order valence-electron chi connectivity index (χ4n) is 9.70. The number of carbonyl (C=O) groups is 2. The second-order valence-electron chi connectivity index (χ2n) is 24.6. The molecule has 0 saturated carbocycles. The van der Waals surface area contributed by atoms with E-state index >= 15 is 0 Å². The molecule has 0 fully saturated rings. The van der Waals surface area contributed by atoms with Gasteiger partial charge >= 0.3 is 13.8 Å². The van der Waals surface area contributed by atoms with Crippen molar-refractivity contribution in [2.24, 2.45) is 0 Å². The van der Waals surface area contributed by atoms with Gasteiger partial charge in [0.25, 0.3) is 0 Å². The van der Waals surface area contributed by atoms with Crippen LogP contribution in [0.15, 0.2) is 134 Å². The molecule has 0 aliphatic heterocycles. The van der Waals surface area contributed by atoms with Crippen molar-refractivity contribution in [3.8, 4) is 0 Å². The summed E-state index contributed by atoms with van der Waals surface area (Å²) in [7, 11) is 1.47. The minimum absolute atomic E-state index is 0.0301. The summed E-state index contributed by atoms with van der Waals surface area (Å²) in [4.78, 5) is 37.9. The molecular weight excluding hydrogens is 1100 g/mol. The summed E-state index contributed by atoms with van der Waals surface area (Å²) in [6, 6.07) is -0.868. The Kier molecular flexibility index (Phi) is 62.2. The minimum atomic E-state index is -4.47. The average Bonchev–Trinajstić information content (AvgIpc) is 3.70. The van der Waals surface area contributed by atoms with E-state index in [9.17, 15) is 19.0 Å². The first-order valence-corrected chi connectivity index (χ1v) is 37.0. The first-order valence-electron chi connectivity index (χ1n) is 35.5. The van der Waals surface area contributed by atoms with Crippen molar-refractivity contribution in [2.75, 3.05) is 40.9 Å². The number of hydrogen-bond donors (Lipinski definition) is 2. The number of unbranched alkanes of at least 4 members (excludes halogenated alkanes) is 27. The summed E-state index contributed by atoms with van der Waals surface area (Å²) >= 11 is 0. The molecule has 0 aromatic heterocycles. The topological polar surface area (TPSA) is 111 Å². The molecule has 0 aliphatic carbocycles. The molecule has 0 radical (unpaired) electrons. The molecule has 2 N–H and O–H groups in total. The Morgan fingerprint density at radius 3 is 1.10 bits per heavy atom. The fraction of sp³-hybridized carbons (Fsp3) is 0.688. The van der Waals surface area contributed by atoms with Crippen molar-refractivity contribution in [2.45, 2.75) is 303 Å². The number of hydrogen-bond acceptors (Lipinski definition) is 6. The zero-order valence-electron chi connectivity index (χ0n) is 57.0. The monoisotopic (exact) mass is 1230 g/mol. The Balaban J connectivity index is 5.17. The lowest BCUT2D eigenvalue weighted by atomic mass is 10.0. The first kappa shape index (κ1) is 83.2. The number of likely N-dealkylation sites (N-methyl/N-ethyl adjacent to an activating group) is 1. The Morgan fingerprint density at radius 2 is 0.736 bits per heavy atom. The highest BCUT2D eigenvalue weighted by Crippen LogP contribution is 2.43. The van der Waals surface area contributed by atoms with E-state index in [2.05, 4.69) is 148 Å². The highest BCUT2D eigenvalue weighted by atomic mass is 31.2. The van der Waals surface area contributed by atoms with E-state index in [0.29, 0.717) is 17.4 Å². The van der Waals surface area contributed by atoms with Gasteiger partial charge < -0.3 is 19.4 Å². The van der Waals surface area contributed by atoms with Gasteiger partial charge in [-0.2, -0.15) is 0 Å². The number of amides is 1. The number of quaternary nitrogens is 1. The molecule has 0 bridgehead atoms. The SMILES string of the molecule is CC/C=C\C/C=C\C/C=C\C/C=C\C/C=C\CCCCCCCCCCCC(=O)OC(/C=C/CCCCCCCCCCCCC)C(COP(=O)(O)OCC[N+](C)(C)C)NC(=O)CCCCCCCCC/C=C\C/C=C\C/C=C\C/C=C\C/C=C\CC. The summed E-state index contributed by atoms with van der Waals surface area (Å²) in [5.74, 6) is -0.528. The standard InChI is InChI=1S/C77H133N2O7P/c1-7-10-13-16-19-22-25-28-30-32-34-36-38-39-41-43-45-47-49-52-55-58-61-64-67-70-77(81)86-75(68-65-62-59-56-53-50-27-24-21-18-15-12-9-3)74(73-85-87(82,83)84-72-71-79(4,5)6)78-76(80)69-66-63-60-57-54-51-48-46-44-42-40-37-35-33-31-29-26-23-20-17-14-11-8-2/h10-11,13-14,19-20,22-23,28-31,34-37,39,41-42,44,65,68,74-75H,7-9,12,15-18,21,24-27,32-33,38,40,43,45-64,66-67,69-73H2,1-6H3,(H-,78,80,82,83)/p+1/b13-10-,14-11-,22-19-,23-20-,30-28-,31-29-,36-34-,37-35-,41-39-,44-42-,68-65+. The zero-order chi connectivity index (χ0) is 63.5. The molecule has 498 valence electrons. The third-order valence-electron chi connectivity index (χ3n) is 15.1. The molecular formula is C77H134N2O7P+. The van der Waals surface area contributed by atoms with Gasteiger partial charge in [-0.25, -0.2) is 4.57 Å². The Hall–Kier alpha value is -3.85. The number of rotatable bonds is 63. The molecule has 10 heteroatoms. The Bertz CT molecular complexity index is 1950. The number of phosphoric ester groups is 1. The van der Waals surface area contributed by atoms with Crippen LogP contribution in [0.2, 0.25) is 0 Å². The minimum Gasteiger partial charge on any atom is -0.456 e. The molecule has 0 aromatic carbocycles. The first-order chi connectivity index (χ1) is 42.4. The summed E-state index contributed by atoms with van der Waals surface area (Å²) in [6.07, 6.45) is 93.1. The maximum Gasteiger partial charge on any atom is 0.472 e. The highest BCUT2D eigenvalue weighted by molar-refractivity contribution is 7.47. The number of esters is 1. The molecule has 0 spiro atoms. The van der Waals surface area contributed by atoms with Gasteiger partial charge in [0.05, 0.1) is 33.8 Å². The molecule has 9 nitrogen and oxygen atoms in total. The lowest BCUT2D eigenvalue weighted by Gasteiger charge is -2.27. The van der Waals surface area contributed by atoms with Gasteiger partial charge in [-0.1, -0.05) is 290 Å². The van der Waals surface area contributed by atoms with Crippen molar-refractivity contribution in [3.63, 3.8) is 0 Å². The second-order valence-corrected chi connectivity index (χ2v) is 26.1. The van der Waals surface area contributed by atoms with Crippen LogP contribution in [-0.4, -0.2) is 74.3 Å². The summed E-state index contributed by atoms with van der Waals surface area (Å²) < 4.78 is 30.8. The van der Waals surface area contributed by atoms with Crippen molar-refractivity contribution >= 4 is 19.7 Å². The van der Waals surface area contributed by atoms with Gasteiger partial charge in [-0.15, -0.1) is 0 Å². The van der Waals surface area contributed by atoms with Gasteiger partial charge in [-0.05, 0) is 122 Å². The summed E-state index contributed by atoms with van der Waals surface area (Å²) in [6.45, 7) is 6.78. The fourth-order valence-corrected chi connectivity index (χ4v) is 10.4. The van der Waals surface area contributed by atoms with Crippen molar-refractivity contribution in [1.82, 2.24) is 5.32 Å². The number of phosphoric acid groups is 1. The molecule has 3 atom stereocenters. The zero-order valence-corrected chi connectivity index (χ0v) is 57.9. The van der Waals surface area contributed by atoms with Crippen LogP contribution in [0.4, 0.5) is 0 Å². The summed E-state index contributed by atoms with van der Waals surface area (Å²) in [5, 5.41) is 3.06. The van der Waals surface area contributed by atoms with E-state index < -0.39 is 20.0 Å². The van der Waals surface area contributed by atoms with Gasteiger partial charge in [0, 0.05) is 12.8 Å². The molecule has 87 heavy (non-hydrogen) atoms. The van der Waals surface area contributed by atoms with Crippen LogP contribution in [0.3, 0.4) is 0 Å². The van der Waals surface area contributed by atoms with Crippen molar-refractivity contribution in [3.05, 3.63) is 134 Å². The maximum atomic E-state index is 13.6. The molecule has 0 saturated heterocycles. The molecule has 0 heterocycles. The Labute approximate surface area is 536 Å². The van der Waals surface area contributed by atoms with Crippen LogP contribution in [0, 0.1) is 0 Å². The van der Waals surface area contributed by atoms with Crippen LogP contribution in [0.5, 0.6) is 0 Å². The van der Waals surface area contributed by atoms with E-state index in [0.717, 1.165) is 148 Å². The number of nitrogens with zero attached hydrogens (tertiary/aromatic N) is 1. The number of ether oxygens (including phenoxy) is 1. The predicted molar refractivity (Wildman–Crippen MR) is 378 cm³/mol. The van der Waals surface area contributed by atoms with Crippen LogP contribution < -0.4 is 5.32 Å². The Morgan fingerprint density at radius 1 is 0.414 bits per heavy atom. The molecule has 1 amide bonds. The van der Waals surface area contributed by atoms with Gasteiger partial charge in [-0.3, -0.25) is 18.6 Å². The van der Waals surface area contributed by atoms with Gasteiger partial charge in [0.2, 0.25) is 5.91 Å². The third kappa shape index (κ3) is 66.4. The van der Waals surface area contributed by atoms with E-state index in [1.54, 1.807) is 0 Å². The summed E-state index contributed by atoms with van der Waals surface area (Å²) in [5.41, 5.74) is 0. The number of nitrogens with one attached hydrogen (secondary N) is 1. The van der Waals surface area contributed by atoms with E-state index in [1.807, 2.05) is 33.3 Å². The molecule has 0 rings (SSSR count). The number of carbonyl (C=O) groups excluding carboxylic acids is 2. The van der Waals surface area contributed by atoms with Crippen molar-refractivity contribution in [1.29, 1.82) is 0 Å². The van der Waals surface area contributed by atoms with Crippen LogP contribution >= 0.6 is 7.82 Å². The van der Waals surface area contributed by atoms with E-state index in [4.69, 9.17) is 13.8 Å². The van der Waals surface area contributed by atoms with Crippen LogP contribution in [0.25, 0.3) is 0 Å². The van der Waals surface area contributed by atoms with E-state index in [-0.39, 0.29) is 31.5 Å². The maximum absolute atomic E-state index is 13.6. The van der Waals surface area contributed by atoms with Gasteiger partial charge in [0.15, 0.2) is 0 Å². The second kappa shape index (κ2) is 65.1. The lowest BCUT2D eigenvalue weighted by Crippen LogP contribution is -2.47. The molecule has 3 unspecified atom stereocenters. The van der Waals surface area contributed by atoms with Crippen LogP contribution in [-0.2, 0) is 27.9 Å². The van der Waals surface area contributed by atoms with E-state index in [1.165, 1.54) is 109 Å². The largest absolute Gasteiger partial charge is 0.472 e. The highest BCUT2D eigenvalue weighted by Gasteiger charge is 2.30. The lowest BCUT2D eigenvalue weighted by molar-refractivity contribution is -0.870. The molecule has 0 aromatic rings. The normalized spacial score (nSPS) is 14.3. The van der Waals surface area contributed by atoms with Crippen molar-refractivity contribution < 1.29 is 37.3 Å².